The van der Waals surface area contributed by atoms with Crippen molar-refractivity contribution >= 4 is 22.9 Å². The number of rotatable bonds is 3. The van der Waals surface area contributed by atoms with E-state index in [0.717, 1.165) is 4.68 Å². The van der Waals surface area contributed by atoms with E-state index in [0.29, 0.717) is 11.1 Å². The molecule has 3 aromatic rings. The van der Waals surface area contributed by atoms with Gasteiger partial charge in [-0.1, -0.05) is 12.1 Å². The first-order chi connectivity index (χ1) is 9.06. The number of fused-ring (bicyclic) bond motifs is 1. The van der Waals surface area contributed by atoms with E-state index in [1.54, 1.807) is 24.3 Å². The van der Waals surface area contributed by atoms with E-state index in [1.807, 2.05) is 0 Å². The van der Waals surface area contributed by atoms with Crippen LogP contribution in [0.2, 0.25) is 0 Å². The summed E-state index contributed by atoms with van der Waals surface area (Å²) in [5.41, 5.74) is 0.697. The zero-order valence-corrected chi connectivity index (χ0v) is 10.4. The average Bonchev–Trinajstić information content (AvgIpc) is 2.96. The molecule has 19 heavy (non-hydrogen) atoms. The molecule has 2 aromatic heterocycles. The molecule has 0 aliphatic rings. The molecule has 1 aromatic carbocycles. The van der Waals surface area contributed by atoms with Crippen LogP contribution in [-0.2, 0) is 12.3 Å². The third kappa shape index (κ3) is 2.16. The van der Waals surface area contributed by atoms with Crippen LogP contribution in [0.15, 0.2) is 33.8 Å². The maximum atomic E-state index is 14.0. The van der Waals surface area contributed by atoms with Gasteiger partial charge in [-0.05, 0) is 34.3 Å². The molecular formula is C10H7F2N5OS. The Morgan fingerprint density at radius 1 is 1.32 bits per heavy atom. The number of oxazole rings is 1. The normalized spacial score (nSPS) is 12.2. The highest BCUT2D eigenvalue weighted by molar-refractivity contribution is 7.99. The van der Waals surface area contributed by atoms with Crippen LogP contribution in [0.5, 0.6) is 0 Å². The summed E-state index contributed by atoms with van der Waals surface area (Å²) >= 11 is 0.185. The Kier molecular flexibility index (Phi) is 2.70. The minimum atomic E-state index is -3.35. The van der Waals surface area contributed by atoms with Crippen LogP contribution in [0.25, 0.3) is 11.1 Å². The molecule has 0 radical (unpaired) electrons. The van der Waals surface area contributed by atoms with Gasteiger partial charge in [0.15, 0.2) is 5.58 Å². The molecule has 3 rings (SSSR count). The van der Waals surface area contributed by atoms with Crippen molar-refractivity contribution in [2.45, 2.75) is 10.4 Å². The summed E-state index contributed by atoms with van der Waals surface area (Å²) in [6.45, 7) is 0. The van der Waals surface area contributed by atoms with Crippen molar-refractivity contribution in [1.82, 2.24) is 25.2 Å². The first-order valence-electron chi connectivity index (χ1n) is 5.21. The van der Waals surface area contributed by atoms with Crippen LogP contribution >= 0.6 is 11.8 Å². The highest BCUT2D eigenvalue weighted by Crippen LogP contribution is 2.43. The number of nitrogens with zero attached hydrogens (tertiary/aromatic N) is 5. The summed E-state index contributed by atoms with van der Waals surface area (Å²) in [5, 5.41) is 6.92. The minimum absolute atomic E-state index is 0.0211. The number of alkyl halides is 2. The topological polar surface area (TPSA) is 69.6 Å². The lowest BCUT2D eigenvalue weighted by Crippen LogP contribution is -2.10. The van der Waals surface area contributed by atoms with E-state index >= 15 is 0 Å². The van der Waals surface area contributed by atoms with Gasteiger partial charge in [0.1, 0.15) is 5.52 Å². The Morgan fingerprint density at radius 3 is 2.79 bits per heavy atom. The molecule has 6 nitrogen and oxygen atoms in total. The van der Waals surface area contributed by atoms with Crippen molar-refractivity contribution in [3.05, 3.63) is 30.2 Å². The van der Waals surface area contributed by atoms with Gasteiger partial charge >= 0.3 is 5.25 Å². The molecule has 0 fully saturated rings. The molecule has 0 bridgehead atoms. The van der Waals surface area contributed by atoms with Crippen molar-refractivity contribution in [2.75, 3.05) is 0 Å². The molecule has 2 heterocycles. The molecule has 0 spiro atoms. The molecule has 0 unspecified atom stereocenters. The molecule has 0 saturated carbocycles. The fourth-order valence-corrected chi connectivity index (χ4v) is 2.11. The Bertz CT molecular complexity index is 692. The van der Waals surface area contributed by atoms with E-state index < -0.39 is 11.1 Å². The lowest BCUT2D eigenvalue weighted by molar-refractivity contribution is 0.0730. The third-order valence-electron chi connectivity index (χ3n) is 2.34. The zero-order chi connectivity index (χ0) is 13.5. The molecule has 0 saturated heterocycles. The molecule has 0 atom stereocenters. The van der Waals surface area contributed by atoms with E-state index in [9.17, 15) is 8.78 Å². The number of aryl methyl sites for hydroxylation is 1. The Balaban J connectivity index is 1.97. The molecule has 98 valence electrons. The molecular weight excluding hydrogens is 276 g/mol. The summed E-state index contributed by atoms with van der Waals surface area (Å²) in [4.78, 5) is 3.78. The maximum absolute atomic E-state index is 14.0. The van der Waals surface area contributed by atoms with Gasteiger partial charge in [0.2, 0.25) is 5.16 Å². The average molecular weight is 283 g/mol. The molecule has 0 aliphatic carbocycles. The largest absolute Gasteiger partial charge is 0.434 e. The van der Waals surface area contributed by atoms with E-state index in [1.165, 1.54) is 7.05 Å². The number of halogens is 2. The molecule has 0 N–H and O–H groups in total. The number of hydrogen-bond acceptors (Lipinski definition) is 6. The van der Waals surface area contributed by atoms with Gasteiger partial charge in [-0.3, -0.25) is 0 Å². The Hall–Kier alpha value is -2.03. The van der Waals surface area contributed by atoms with Gasteiger partial charge in [-0.15, -0.1) is 5.10 Å². The van der Waals surface area contributed by atoms with Crippen LogP contribution in [0.3, 0.4) is 0 Å². The number of thioether (sulfide) groups is 1. The van der Waals surface area contributed by atoms with Gasteiger partial charge in [0.25, 0.3) is 5.89 Å². The highest BCUT2D eigenvalue weighted by atomic mass is 32.2. The number of tetrazole rings is 1. The smallest absolute Gasteiger partial charge is 0.375 e. The van der Waals surface area contributed by atoms with Crippen molar-refractivity contribution < 1.29 is 13.2 Å². The second kappa shape index (κ2) is 4.26. The van der Waals surface area contributed by atoms with Crippen LogP contribution in [0.1, 0.15) is 5.89 Å². The van der Waals surface area contributed by atoms with Crippen LogP contribution in [0, 0.1) is 0 Å². The van der Waals surface area contributed by atoms with Gasteiger partial charge in [-0.25, -0.2) is 9.67 Å². The summed E-state index contributed by atoms with van der Waals surface area (Å²) in [6.07, 6.45) is 0. The number of hydrogen-bond donors (Lipinski definition) is 0. The highest BCUT2D eigenvalue weighted by Gasteiger charge is 2.41. The number of aromatic nitrogens is 5. The number of benzene rings is 1. The fraction of sp³-hybridized carbons (Fsp3) is 0.200. The van der Waals surface area contributed by atoms with E-state index in [-0.39, 0.29) is 16.9 Å². The molecule has 0 aliphatic heterocycles. The van der Waals surface area contributed by atoms with Gasteiger partial charge in [-0.2, -0.15) is 8.78 Å². The van der Waals surface area contributed by atoms with Gasteiger partial charge < -0.3 is 4.42 Å². The Labute approximate surface area is 109 Å². The number of para-hydroxylation sites is 2. The van der Waals surface area contributed by atoms with Gasteiger partial charge in [0, 0.05) is 7.05 Å². The maximum Gasteiger partial charge on any atom is 0.375 e. The third-order valence-corrected chi connectivity index (χ3v) is 3.30. The van der Waals surface area contributed by atoms with Crippen molar-refractivity contribution in [1.29, 1.82) is 0 Å². The van der Waals surface area contributed by atoms with Crippen LogP contribution < -0.4 is 0 Å². The quantitative estimate of drug-likeness (QED) is 0.686. The SMILES string of the molecule is Cn1nnnc1SC(F)(F)c1nc2ccccc2o1. The predicted molar refractivity (Wildman–Crippen MR) is 62.6 cm³/mol. The van der Waals surface area contributed by atoms with Crippen molar-refractivity contribution in [2.24, 2.45) is 7.05 Å². The van der Waals surface area contributed by atoms with Crippen molar-refractivity contribution in [3.8, 4) is 0 Å². The lowest BCUT2D eigenvalue weighted by Gasteiger charge is -2.09. The minimum Gasteiger partial charge on any atom is -0.434 e. The van der Waals surface area contributed by atoms with Crippen LogP contribution in [-0.4, -0.2) is 25.2 Å². The summed E-state index contributed by atoms with van der Waals surface area (Å²) in [6, 6.07) is 6.57. The first kappa shape index (κ1) is 12.0. The molecule has 0 amide bonds. The Morgan fingerprint density at radius 2 is 2.11 bits per heavy atom. The first-order valence-corrected chi connectivity index (χ1v) is 6.03. The van der Waals surface area contributed by atoms with Gasteiger partial charge in [0.05, 0.1) is 0 Å². The fourth-order valence-electron chi connectivity index (χ4n) is 1.46. The lowest BCUT2D eigenvalue weighted by atomic mass is 10.3. The second-order valence-corrected chi connectivity index (χ2v) is 4.77. The van der Waals surface area contributed by atoms with E-state index in [4.69, 9.17) is 4.42 Å². The summed E-state index contributed by atoms with van der Waals surface area (Å²) in [7, 11) is 1.48. The predicted octanol–water partition coefficient (Wildman–Crippen LogP) is 2.19. The standard InChI is InChI=1S/C10H7F2N5OS/c1-17-9(14-15-16-17)19-10(11,12)8-13-6-4-2-3-5-7(6)18-8/h2-5H,1H3. The van der Waals surface area contributed by atoms with Crippen molar-refractivity contribution in [3.63, 3.8) is 0 Å². The van der Waals surface area contributed by atoms with Crippen LogP contribution in [0.4, 0.5) is 8.78 Å². The molecule has 9 heteroatoms. The monoisotopic (exact) mass is 283 g/mol. The van der Waals surface area contributed by atoms with E-state index in [2.05, 4.69) is 20.5 Å². The second-order valence-electron chi connectivity index (χ2n) is 3.69. The zero-order valence-electron chi connectivity index (χ0n) is 9.62. The summed E-state index contributed by atoms with van der Waals surface area (Å²) < 4.78 is 34.3. The summed E-state index contributed by atoms with van der Waals surface area (Å²) in [5.74, 6) is -0.665.